The molecule has 24 heavy (non-hydrogen) atoms. The van der Waals surface area contributed by atoms with Crippen molar-refractivity contribution in [3.63, 3.8) is 0 Å². The van der Waals surface area contributed by atoms with E-state index in [1.165, 1.54) is 10.1 Å². The van der Waals surface area contributed by atoms with Gasteiger partial charge in [0.2, 0.25) is 5.91 Å². The van der Waals surface area contributed by atoms with E-state index >= 15 is 0 Å². The molecule has 6 nitrogen and oxygen atoms in total. The van der Waals surface area contributed by atoms with Crippen molar-refractivity contribution in [3.05, 3.63) is 24.3 Å². The molecule has 0 bridgehead atoms. The smallest absolute Gasteiger partial charge is 0.236 e. The lowest BCUT2D eigenvalue weighted by molar-refractivity contribution is -0.136. The van der Waals surface area contributed by atoms with E-state index in [1.807, 2.05) is 4.90 Å². The van der Waals surface area contributed by atoms with Crippen LogP contribution in [-0.4, -0.2) is 79.1 Å². The molecule has 3 heterocycles. The molecular formula is C17H22N4O2S. The highest BCUT2D eigenvalue weighted by Gasteiger charge is 2.24. The van der Waals surface area contributed by atoms with Crippen LogP contribution in [0.5, 0.6) is 0 Å². The Kier molecular flexibility index (Phi) is 4.64. The number of nitrogens with zero attached hydrogens (tertiary/aromatic N) is 4. The van der Waals surface area contributed by atoms with Crippen molar-refractivity contribution in [1.82, 2.24) is 14.2 Å². The summed E-state index contributed by atoms with van der Waals surface area (Å²) in [4.78, 5) is 18.9. The number of rotatable bonds is 3. The minimum atomic E-state index is 0.228. The van der Waals surface area contributed by atoms with Gasteiger partial charge in [-0.2, -0.15) is 4.37 Å². The predicted octanol–water partition coefficient (Wildman–Crippen LogP) is 1.28. The highest BCUT2D eigenvalue weighted by molar-refractivity contribution is 7.13. The van der Waals surface area contributed by atoms with Gasteiger partial charge in [0.15, 0.2) is 0 Å². The minimum Gasteiger partial charge on any atom is -0.378 e. The van der Waals surface area contributed by atoms with Gasteiger partial charge in [0.05, 0.1) is 24.5 Å². The Morgan fingerprint density at radius 2 is 1.83 bits per heavy atom. The van der Waals surface area contributed by atoms with E-state index in [1.54, 1.807) is 11.5 Å². The summed E-state index contributed by atoms with van der Waals surface area (Å²) in [6.45, 7) is 6.95. The first-order valence-electron chi connectivity index (χ1n) is 8.48. The van der Waals surface area contributed by atoms with Crippen molar-refractivity contribution < 1.29 is 9.53 Å². The standard InChI is InChI=1S/C17H22N4O2S/c22-16(20-9-11-23-12-10-20)13-19-5-7-21(8-6-19)17-14-3-1-2-4-15(14)24-18-17/h1-4H,5-13H2. The lowest BCUT2D eigenvalue weighted by atomic mass is 10.2. The number of benzene rings is 1. The van der Waals surface area contributed by atoms with Crippen LogP contribution in [0.2, 0.25) is 0 Å². The number of ether oxygens (including phenoxy) is 1. The van der Waals surface area contributed by atoms with Crippen LogP contribution in [0.3, 0.4) is 0 Å². The number of aromatic nitrogens is 1. The maximum atomic E-state index is 12.4. The molecular weight excluding hydrogens is 324 g/mol. The summed E-state index contributed by atoms with van der Waals surface area (Å²) in [6, 6.07) is 8.38. The molecule has 0 spiro atoms. The number of carbonyl (C=O) groups is 1. The third kappa shape index (κ3) is 3.24. The molecule has 0 saturated carbocycles. The fourth-order valence-corrected chi connectivity index (χ4v) is 4.12. The molecule has 0 N–H and O–H groups in total. The fraction of sp³-hybridized carbons (Fsp3) is 0.529. The molecule has 0 radical (unpaired) electrons. The Hall–Kier alpha value is -1.70. The van der Waals surface area contributed by atoms with E-state index in [0.29, 0.717) is 19.8 Å². The molecule has 2 aliphatic heterocycles. The Morgan fingerprint density at radius 1 is 1.08 bits per heavy atom. The van der Waals surface area contributed by atoms with E-state index in [4.69, 9.17) is 4.74 Å². The molecule has 1 aromatic carbocycles. The Morgan fingerprint density at radius 3 is 2.62 bits per heavy atom. The highest BCUT2D eigenvalue weighted by Crippen LogP contribution is 2.29. The number of morpholine rings is 1. The minimum absolute atomic E-state index is 0.228. The van der Waals surface area contributed by atoms with Crippen molar-refractivity contribution in [1.29, 1.82) is 0 Å². The third-order valence-corrected chi connectivity index (χ3v) is 5.57. The molecule has 7 heteroatoms. The molecule has 2 fully saturated rings. The molecule has 2 aliphatic rings. The maximum Gasteiger partial charge on any atom is 0.236 e. The second kappa shape index (κ2) is 7.04. The first-order chi connectivity index (χ1) is 11.8. The summed E-state index contributed by atoms with van der Waals surface area (Å²) < 4.78 is 11.2. The van der Waals surface area contributed by atoms with Crippen molar-refractivity contribution in [3.8, 4) is 0 Å². The summed E-state index contributed by atoms with van der Waals surface area (Å²) in [5.41, 5.74) is 0. The Bertz CT molecular complexity index is 705. The van der Waals surface area contributed by atoms with E-state index < -0.39 is 0 Å². The quantitative estimate of drug-likeness (QED) is 0.838. The molecule has 4 rings (SSSR count). The van der Waals surface area contributed by atoms with Crippen LogP contribution in [0.25, 0.3) is 10.1 Å². The zero-order valence-corrected chi connectivity index (χ0v) is 14.5. The monoisotopic (exact) mass is 346 g/mol. The molecule has 2 aromatic rings. The number of carbonyl (C=O) groups excluding carboxylic acids is 1. The van der Waals surface area contributed by atoms with Gasteiger partial charge in [-0.25, -0.2) is 0 Å². The van der Waals surface area contributed by atoms with Crippen molar-refractivity contribution >= 4 is 33.3 Å². The summed E-state index contributed by atoms with van der Waals surface area (Å²) >= 11 is 1.56. The molecule has 0 aliphatic carbocycles. The van der Waals surface area contributed by atoms with Crippen LogP contribution >= 0.6 is 11.5 Å². The van der Waals surface area contributed by atoms with E-state index in [0.717, 1.165) is 45.1 Å². The van der Waals surface area contributed by atoms with Crippen LogP contribution < -0.4 is 4.90 Å². The van der Waals surface area contributed by atoms with Crippen molar-refractivity contribution in [2.75, 3.05) is 63.9 Å². The van der Waals surface area contributed by atoms with Gasteiger partial charge in [-0.05, 0) is 23.7 Å². The van der Waals surface area contributed by atoms with Gasteiger partial charge >= 0.3 is 0 Å². The van der Waals surface area contributed by atoms with Crippen LogP contribution in [0, 0.1) is 0 Å². The molecule has 128 valence electrons. The lowest BCUT2D eigenvalue weighted by Gasteiger charge is -2.36. The van der Waals surface area contributed by atoms with Crippen LogP contribution in [0.1, 0.15) is 0 Å². The van der Waals surface area contributed by atoms with Crippen LogP contribution in [-0.2, 0) is 9.53 Å². The number of hydrogen-bond donors (Lipinski definition) is 0. The Labute approximate surface area is 145 Å². The molecule has 0 atom stereocenters. The summed E-state index contributed by atoms with van der Waals surface area (Å²) in [5.74, 6) is 1.32. The normalized spacial score (nSPS) is 19.8. The SMILES string of the molecule is O=C(CN1CCN(c2nsc3ccccc23)CC1)N1CCOCC1. The second-order valence-electron chi connectivity index (χ2n) is 6.26. The summed E-state index contributed by atoms with van der Waals surface area (Å²) in [5, 5.41) is 1.24. The third-order valence-electron chi connectivity index (χ3n) is 4.75. The largest absolute Gasteiger partial charge is 0.378 e. The molecule has 1 aromatic heterocycles. The van der Waals surface area contributed by atoms with Gasteiger partial charge in [-0.1, -0.05) is 12.1 Å². The van der Waals surface area contributed by atoms with Gasteiger partial charge < -0.3 is 14.5 Å². The Balaban J connectivity index is 1.34. The number of fused-ring (bicyclic) bond motifs is 1. The average Bonchev–Trinajstić information content (AvgIpc) is 3.07. The molecule has 0 unspecified atom stereocenters. The average molecular weight is 346 g/mol. The van der Waals surface area contributed by atoms with Gasteiger partial charge in [0.1, 0.15) is 5.82 Å². The number of amides is 1. The zero-order chi connectivity index (χ0) is 16.4. The van der Waals surface area contributed by atoms with Gasteiger partial charge in [-0.3, -0.25) is 9.69 Å². The summed E-state index contributed by atoms with van der Waals surface area (Å²) in [6.07, 6.45) is 0. The number of piperazine rings is 1. The predicted molar refractivity (Wildman–Crippen MR) is 95.7 cm³/mol. The topological polar surface area (TPSA) is 48.9 Å². The molecule has 2 saturated heterocycles. The van der Waals surface area contributed by atoms with Gasteiger partial charge in [-0.15, -0.1) is 0 Å². The van der Waals surface area contributed by atoms with Gasteiger partial charge in [0, 0.05) is 44.7 Å². The first kappa shape index (κ1) is 15.8. The van der Waals surface area contributed by atoms with E-state index in [-0.39, 0.29) is 5.91 Å². The fourth-order valence-electron chi connectivity index (χ4n) is 3.32. The number of anilines is 1. The van der Waals surface area contributed by atoms with E-state index in [9.17, 15) is 4.79 Å². The lowest BCUT2D eigenvalue weighted by Crippen LogP contribution is -2.51. The van der Waals surface area contributed by atoms with Crippen molar-refractivity contribution in [2.45, 2.75) is 0 Å². The first-order valence-corrected chi connectivity index (χ1v) is 9.26. The maximum absolute atomic E-state index is 12.4. The van der Waals surface area contributed by atoms with Crippen LogP contribution in [0.4, 0.5) is 5.82 Å². The molecule has 1 amide bonds. The van der Waals surface area contributed by atoms with Gasteiger partial charge in [0.25, 0.3) is 0 Å². The summed E-state index contributed by atoms with van der Waals surface area (Å²) in [7, 11) is 0. The van der Waals surface area contributed by atoms with Crippen LogP contribution in [0.15, 0.2) is 24.3 Å². The van der Waals surface area contributed by atoms with Crippen molar-refractivity contribution in [2.24, 2.45) is 0 Å². The highest BCUT2D eigenvalue weighted by atomic mass is 32.1. The number of hydrogen-bond acceptors (Lipinski definition) is 6. The van der Waals surface area contributed by atoms with E-state index in [2.05, 4.69) is 38.4 Å². The second-order valence-corrected chi connectivity index (χ2v) is 7.06. The zero-order valence-electron chi connectivity index (χ0n) is 13.7.